The first-order valence-corrected chi connectivity index (χ1v) is 6.30. The topological polar surface area (TPSA) is 52.5 Å². The van der Waals surface area contributed by atoms with Gasteiger partial charge in [0.25, 0.3) is 0 Å². The van der Waals surface area contributed by atoms with Gasteiger partial charge >= 0.3 is 0 Å². The molecule has 0 aliphatic rings. The van der Waals surface area contributed by atoms with Crippen molar-refractivity contribution in [1.82, 2.24) is 5.32 Å². The van der Waals surface area contributed by atoms with E-state index in [2.05, 4.69) is 5.32 Å². The van der Waals surface area contributed by atoms with Crippen molar-refractivity contribution < 1.29 is 14.6 Å². The summed E-state index contributed by atoms with van der Waals surface area (Å²) in [7, 11) is 0. The number of aliphatic hydroxyl groups is 2. The van der Waals surface area contributed by atoms with E-state index in [0.29, 0.717) is 6.42 Å². The lowest BCUT2D eigenvalue weighted by molar-refractivity contribution is 0.0793. The van der Waals surface area contributed by atoms with Crippen LogP contribution in [-0.2, 0) is 0 Å². The highest BCUT2D eigenvalue weighted by atomic mass is 35.5. The van der Waals surface area contributed by atoms with Crippen LogP contribution in [0.2, 0.25) is 5.02 Å². The molecule has 1 atom stereocenters. The van der Waals surface area contributed by atoms with Gasteiger partial charge in [0, 0.05) is 6.04 Å². The fraction of sp³-hybridized carbons (Fsp3) is 0.538. The van der Waals surface area contributed by atoms with E-state index in [1.807, 2.05) is 13.8 Å². The number of rotatable bonds is 6. The highest BCUT2D eigenvalue weighted by Crippen LogP contribution is 2.23. The first kappa shape index (κ1) is 15.4. The molecule has 0 aliphatic carbocycles. The van der Waals surface area contributed by atoms with Crippen molar-refractivity contribution in [3.05, 3.63) is 34.6 Å². The molecule has 1 rings (SSSR count). The fourth-order valence-electron chi connectivity index (χ4n) is 1.79. The molecule has 0 saturated carbocycles. The van der Waals surface area contributed by atoms with Gasteiger partial charge in [-0.25, -0.2) is 4.39 Å². The zero-order valence-electron chi connectivity index (χ0n) is 10.6. The van der Waals surface area contributed by atoms with Crippen LogP contribution in [-0.4, -0.2) is 29.0 Å². The molecule has 0 fully saturated rings. The number of aliphatic hydroxyl groups excluding tert-OH is 2. The third-order valence-electron chi connectivity index (χ3n) is 3.25. The summed E-state index contributed by atoms with van der Waals surface area (Å²) in [6.07, 6.45) is 0.583. The predicted molar refractivity (Wildman–Crippen MR) is 70.2 cm³/mol. The SMILES string of the molecule is CCC(CO)(CO)NC(C)c1ccc(F)c(Cl)c1. The maximum atomic E-state index is 13.1. The molecule has 3 N–H and O–H groups in total. The minimum Gasteiger partial charge on any atom is -0.394 e. The van der Waals surface area contributed by atoms with E-state index >= 15 is 0 Å². The highest BCUT2D eigenvalue weighted by Gasteiger charge is 2.28. The Morgan fingerprint density at radius 3 is 2.44 bits per heavy atom. The van der Waals surface area contributed by atoms with Crippen molar-refractivity contribution in [3.8, 4) is 0 Å². The van der Waals surface area contributed by atoms with E-state index in [1.54, 1.807) is 12.1 Å². The van der Waals surface area contributed by atoms with Crippen LogP contribution in [0, 0.1) is 5.82 Å². The summed E-state index contributed by atoms with van der Waals surface area (Å²) in [6, 6.07) is 4.33. The van der Waals surface area contributed by atoms with Gasteiger partial charge in [0.15, 0.2) is 0 Å². The molecular weight excluding hydrogens is 257 g/mol. The Labute approximate surface area is 112 Å². The molecule has 1 aromatic rings. The largest absolute Gasteiger partial charge is 0.394 e. The predicted octanol–water partition coefficient (Wildman–Crippen LogP) is 2.26. The lowest BCUT2D eigenvalue weighted by Crippen LogP contribution is -2.52. The second kappa shape index (κ2) is 6.48. The Morgan fingerprint density at radius 2 is 2.00 bits per heavy atom. The van der Waals surface area contributed by atoms with E-state index in [4.69, 9.17) is 11.6 Å². The number of nitrogens with one attached hydrogen (secondary N) is 1. The quantitative estimate of drug-likeness (QED) is 0.746. The fourth-order valence-corrected chi connectivity index (χ4v) is 1.98. The van der Waals surface area contributed by atoms with E-state index in [-0.39, 0.29) is 24.3 Å². The molecule has 0 bridgehead atoms. The molecule has 5 heteroatoms. The second-order valence-corrected chi connectivity index (χ2v) is 4.90. The summed E-state index contributed by atoms with van der Waals surface area (Å²) in [5, 5.41) is 22.0. The molecule has 3 nitrogen and oxygen atoms in total. The van der Waals surface area contributed by atoms with Crippen molar-refractivity contribution in [2.24, 2.45) is 0 Å². The van der Waals surface area contributed by atoms with Crippen LogP contribution >= 0.6 is 11.6 Å². The van der Waals surface area contributed by atoms with Crippen LogP contribution in [0.15, 0.2) is 18.2 Å². The van der Waals surface area contributed by atoms with Gasteiger partial charge in [0.1, 0.15) is 5.82 Å². The molecule has 0 spiro atoms. The normalized spacial score (nSPS) is 13.7. The third-order valence-corrected chi connectivity index (χ3v) is 3.54. The Hall–Kier alpha value is -0.680. The van der Waals surface area contributed by atoms with Gasteiger partial charge in [-0.15, -0.1) is 0 Å². The average molecular weight is 276 g/mol. The Kier molecular flexibility index (Phi) is 5.53. The summed E-state index contributed by atoms with van der Waals surface area (Å²) in [5.74, 6) is -0.460. The standard InChI is InChI=1S/C13H19ClFNO2/c1-3-13(7-17,8-18)16-9(2)10-4-5-12(15)11(14)6-10/h4-6,9,16-18H,3,7-8H2,1-2H3. The van der Waals surface area contributed by atoms with Crippen LogP contribution in [0.5, 0.6) is 0 Å². The van der Waals surface area contributed by atoms with Crippen molar-refractivity contribution >= 4 is 11.6 Å². The van der Waals surface area contributed by atoms with Crippen molar-refractivity contribution in [2.75, 3.05) is 13.2 Å². The molecule has 18 heavy (non-hydrogen) atoms. The average Bonchev–Trinajstić information content (AvgIpc) is 2.39. The first-order valence-electron chi connectivity index (χ1n) is 5.92. The van der Waals surface area contributed by atoms with E-state index in [1.165, 1.54) is 6.07 Å². The smallest absolute Gasteiger partial charge is 0.141 e. The van der Waals surface area contributed by atoms with Gasteiger partial charge in [0.2, 0.25) is 0 Å². The lowest BCUT2D eigenvalue weighted by Gasteiger charge is -2.33. The van der Waals surface area contributed by atoms with Crippen LogP contribution in [0.25, 0.3) is 0 Å². The zero-order chi connectivity index (χ0) is 13.8. The zero-order valence-corrected chi connectivity index (χ0v) is 11.3. The lowest BCUT2D eigenvalue weighted by atomic mass is 9.95. The molecule has 1 unspecified atom stereocenters. The minimum atomic E-state index is -0.736. The minimum absolute atomic E-state index is 0.0660. The number of hydrogen-bond acceptors (Lipinski definition) is 3. The molecule has 0 heterocycles. The van der Waals surface area contributed by atoms with Gasteiger partial charge in [0.05, 0.1) is 23.8 Å². The summed E-state index contributed by atoms with van der Waals surface area (Å²) >= 11 is 5.73. The van der Waals surface area contributed by atoms with Gasteiger partial charge in [-0.2, -0.15) is 0 Å². The molecule has 102 valence electrons. The summed E-state index contributed by atoms with van der Waals surface area (Å²) in [6.45, 7) is 3.42. The number of hydrogen-bond donors (Lipinski definition) is 3. The molecule has 1 aromatic carbocycles. The van der Waals surface area contributed by atoms with E-state index in [0.717, 1.165) is 5.56 Å². The Balaban J connectivity index is 2.86. The monoisotopic (exact) mass is 275 g/mol. The summed E-state index contributed by atoms with van der Waals surface area (Å²) < 4.78 is 13.1. The van der Waals surface area contributed by atoms with E-state index in [9.17, 15) is 14.6 Å². The van der Waals surface area contributed by atoms with Gasteiger partial charge < -0.3 is 15.5 Å². The summed E-state index contributed by atoms with van der Waals surface area (Å²) in [5.41, 5.74) is 0.0708. The molecule has 0 aliphatic heterocycles. The number of halogens is 2. The van der Waals surface area contributed by atoms with Gasteiger partial charge in [-0.1, -0.05) is 24.6 Å². The molecule has 0 amide bonds. The third kappa shape index (κ3) is 3.42. The van der Waals surface area contributed by atoms with Crippen LogP contribution < -0.4 is 5.32 Å². The van der Waals surface area contributed by atoms with Crippen LogP contribution in [0.4, 0.5) is 4.39 Å². The molecule has 0 radical (unpaired) electrons. The first-order chi connectivity index (χ1) is 8.48. The van der Waals surface area contributed by atoms with Crippen molar-refractivity contribution in [3.63, 3.8) is 0 Å². The summed E-state index contributed by atoms with van der Waals surface area (Å²) in [4.78, 5) is 0. The maximum Gasteiger partial charge on any atom is 0.141 e. The number of benzene rings is 1. The second-order valence-electron chi connectivity index (χ2n) is 4.49. The van der Waals surface area contributed by atoms with Crippen molar-refractivity contribution in [1.29, 1.82) is 0 Å². The Bertz CT molecular complexity index is 388. The van der Waals surface area contributed by atoms with Crippen LogP contribution in [0.3, 0.4) is 0 Å². The van der Waals surface area contributed by atoms with Crippen molar-refractivity contribution in [2.45, 2.75) is 31.8 Å². The highest BCUT2D eigenvalue weighted by molar-refractivity contribution is 6.30. The maximum absolute atomic E-state index is 13.1. The Morgan fingerprint density at radius 1 is 1.39 bits per heavy atom. The molecule has 0 saturated heterocycles. The van der Waals surface area contributed by atoms with Gasteiger partial charge in [-0.3, -0.25) is 0 Å². The van der Waals surface area contributed by atoms with E-state index < -0.39 is 11.4 Å². The molecular formula is C13H19ClFNO2. The molecule has 0 aromatic heterocycles. The van der Waals surface area contributed by atoms with Gasteiger partial charge in [-0.05, 0) is 31.0 Å². The van der Waals surface area contributed by atoms with Crippen LogP contribution in [0.1, 0.15) is 31.9 Å².